The van der Waals surface area contributed by atoms with Crippen LogP contribution in [0.2, 0.25) is 0 Å². The van der Waals surface area contributed by atoms with Gasteiger partial charge in [0.2, 0.25) is 5.91 Å². The van der Waals surface area contributed by atoms with Gasteiger partial charge in [-0.05, 0) is 38.1 Å². The molecule has 1 amide bonds. The van der Waals surface area contributed by atoms with Crippen LogP contribution in [0, 0.1) is 0 Å². The second kappa shape index (κ2) is 9.53. The smallest absolute Gasteiger partial charge is 0.223 e. The molecule has 0 spiro atoms. The maximum atomic E-state index is 12.2. The van der Waals surface area contributed by atoms with Crippen molar-refractivity contribution in [2.45, 2.75) is 32.7 Å². The summed E-state index contributed by atoms with van der Waals surface area (Å²) >= 11 is 0. The fourth-order valence-electron chi connectivity index (χ4n) is 2.62. The highest BCUT2D eigenvalue weighted by atomic mass is 35.5. The number of Topliss-reactive ketones (excluding diaryl/α,β-unsaturated/α-hetero) is 1. The van der Waals surface area contributed by atoms with Crippen LogP contribution in [0.5, 0.6) is 5.75 Å². The number of amides is 1. The Morgan fingerprint density at radius 3 is 2.57 bits per heavy atom. The van der Waals surface area contributed by atoms with Crippen LogP contribution in [0.15, 0.2) is 24.3 Å². The van der Waals surface area contributed by atoms with E-state index in [4.69, 9.17) is 4.74 Å². The van der Waals surface area contributed by atoms with Gasteiger partial charge in [-0.1, -0.05) is 0 Å². The third kappa shape index (κ3) is 5.52. The lowest BCUT2D eigenvalue weighted by Crippen LogP contribution is -2.52. The molecule has 1 aliphatic rings. The number of halogens is 1. The van der Waals surface area contributed by atoms with Crippen molar-refractivity contribution in [2.24, 2.45) is 0 Å². The molecule has 1 aromatic rings. The molecule has 0 saturated carbocycles. The van der Waals surface area contributed by atoms with E-state index in [0.29, 0.717) is 12.2 Å². The van der Waals surface area contributed by atoms with Crippen molar-refractivity contribution in [1.29, 1.82) is 0 Å². The highest BCUT2D eigenvalue weighted by Gasteiger charge is 2.23. The summed E-state index contributed by atoms with van der Waals surface area (Å²) in [5, 5.41) is 3.25. The molecule has 1 aromatic carbocycles. The highest BCUT2D eigenvalue weighted by Crippen LogP contribution is 2.15. The second-order valence-electron chi connectivity index (χ2n) is 5.52. The average Bonchev–Trinajstić information content (AvgIpc) is 2.54. The SMILES string of the molecule is CCOc1ccc(C(=O)CCC(=O)N2CCNC[C@@H]2C)cc1.Cl. The zero-order valence-corrected chi connectivity index (χ0v) is 14.5. The van der Waals surface area contributed by atoms with Gasteiger partial charge in [-0.15, -0.1) is 12.4 Å². The fourth-order valence-corrected chi connectivity index (χ4v) is 2.62. The number of ketones is 1. The second-order valence-corrected chi connectivity index (χ2v) is 5.52. The number of benzene rings is 1. The number of carbonyl (C=O) groups excluding carboxylic acids is 2. The van der Waals surface area contributed by atoms with Crippen LogP contribution in [0.3, 0.4) is 0 Å². The Morgan fingerprint density at radius 1 is 1.26 bits per heavy atom. The summed E-state index contributed by atoms with van der Waals surface area (Å²) in [6.07, 6.45) is 0.528. The topological polar surface area (TPSA) is 58.6 Å². The summed E-state index contributed by atoms with van der Waals surface area (Å²) < 4.78 is 5.35. The van der Waals surface area contributed by atoms with E-state index in [1.807, 2.05) is 18.7 Å². The number of hydrogen-bond donors (Lipinski definition) is 1. The van der Waals surface area contributed by atoms with Gasteiger partial charge in [0.25, 0.3) is 0 Å². The first-order valence-electron chi connectivity index (χ1n) is 7.88. The van der Waals surface area contributed by atoms with E-state index in [1.54, 1.807) is 24.3 Å². The molecule has 5 nitrogen and oxygen atoms in total. The molecule has 1 atom stereocenters. The standard InChI is InChI=1S/C17H24N2O3.ClH/c1-3-22-15-6-4-14(5-7-15)16(20)8-9-17(21)19-11-10-18-12-13(19)2;/h4-7,13,18H,3,8-12H2,1-2H3;1H/t13-;/m0./s1. The first kappa shape index (κ1) is 19.5. The summed E-state index contributed by atoms with van der Waals surface area (Å²) in [6.45, 7) is 6.91. The van der Waals surface area contributed by atoms with Gasteiger partial charge in [-0.25, -0.2) is 0 Å². The summed E-state index contributed by atoms with van der Waals surface area (Å²) in [5.74, 6) is 0.817. The monoisotopic (exact) mass is 340 g/mol. The predicted octanol–water partition coefficient (Wildman–Crippen LogP) is 2.29. The summed E-state index contributed by atoms with van der Waals surface area (Å²) in [7, 11) is 0. The number of hydrogen-bond acceptors (Lipinski definition) is 4. The molecular weight excluding hydrogens is 316 g/mol. The molecule has 0 radical (unpaired) electrons. The minimum absolute atomic E-state index is 0. The number of ether oxygens (including phenoxy) is 1. The fraction of sp³-hybridized carbons (Fsp3) is 0.529. The van der Waals surface area contributed by atoms with Crippen molar-refractivity contribution in [3.8, 4) is 5.75 Å². The van der Waals surface area contributed by atoms with E-state index >= 15 is 0 Å². The van der Waals surface area contributed by atoms with Gasteiger partial charge in [0, 0.05) is 44.1 Å². The van der Waals surface area contributed by atoms with Crippen LogP contribution in [-0.4, -0.2) is 48.9 Å². The molecule has 2 rings (SSSR count). The minimum Gasteiger partial charge on any atom is -0.494 e. The number of nitrogens with zero attached hydrogens (tertiary/aromatic N) is 1. The third-order valence-electron chi connectivity index (χ3n) is 3.87. The lowest BCUT2D eigenvalue weighted by molar-refractivity contribution is -0.133. The normalized spacial score (nSPS) is 17.3. The highest BCUT2D eigenvalue weighted by molar-refractivity contribution is 5.98. The van der Waals surface area contributed by atoms with Gasteiger partial charge in [-0.3, -0.25) is 9.59 Å². The first-order chi connectivity index (χ1) is 10.6. The molecule has 1 N–H and O–H groups in total. The number of rotatable bonds is 6. The number of carbonyl (C=O) groups is 2. The Hall–Kier alpha value is -1.59. The van der Waals surface area contributed by atoms with Crippen molar-refractivity contribution in [3.05, 3.63) is 29.8 Å². The van der Waals surface area contributed by atoms with Gasteiger partial charge in [0.05, 0.1) is 6.61 Å². The average molecular weight is 341 g/mol. The van der Waals surface area contributed by atoms with E-state index in [0.717, 1.165) is 25.4 Å². The predicted molar refractivity (Wildman–Crippen MR) is 92.5 cm³/mol. The number of piperazine rings is 1. The van der Waals surface area contributed by atoms with Crippen LogP contribution in [0.4, 0.5) is 0 Å². The van der Waals surface area contributed by atoms with Gasteiger partial charge in [0.15, 0.2) is 5.78 Å². The van der Waals surface area contributed by atoms with E-state index in [2.05, 4.69) is 5.32 Å². The van der Waals surface area contributed by atoms with Gasteiger partial charge in [-0.2, -0.15) is 0 Å². The zero-order chi connectivity index (χ0) is 15.9. The molecule has 0 aliphatic carbocycles. The molecular formula is C17H25ClN2O3. The van der Waals surface area contributed by atoms with Crippen LogP contribution >= 0.6 is 12.4 Å². The van der Waals surface area contributed by atoms with E-state index < -0.39 is 0 Å². The molecule has 0 aromatic heterocycles. The molecule has 128 valence electrons. The third-order valence-corrected chi connectivity index (χ3v) is 3.87. The van der Waals surface area contributed by atoms with Gasteiger partial charge < -0.3 is 15.0 Å². The largest absolute Gasteiger partial charge is 0.494 e. The Morgan fingerprint density at radius 2 is 1.96 bits per heavy atom. The van der Waals surface area contributed by atoms with Crippen molar-refractivity contribution < 1.29 is 14.3 Å². The van der Waals surface area contributed by atoms with Gasteiger partial charge >= 0.3 is 0 Å². The zero-order valence-electron chi connectivity index (χ0n) is 13.7. The summed E-state index contributed by atoms with van der Waals surface area (Å²) in [4.78, 5) is 26.2. The van der Waals surface area contributed by atoms with Crippen LogP contribution in [-0.2, 0) is 4.79 Å². The minimum atomic E-state index is -0.000754. The molecule has 1 fully saturated rings. The maximum absolute atomic E-state index is 12.2. The van der Waals surface area contributed by atoms with Crippen molar-refractivity contribution in [3.63, 3.8) is 0 Å². The van der Waals surface area contributed by atoms with Gasteiger partial charge in [0.1, 0.15) is 5.75 Å². The first-order valence-corrected chi connectivity index (χ1v) is 7.88. The van der Waals surface area contributed by atoms with Crippen molar-refractivity contribution >= 4 is 24.1 Å². The molecule has 0 bridgehead atoms. The van der Waals surface area contributed by atoms with Crippen LogP contribution < -0.4 is 10.1 Å². The van der Waals surface area contributed by atoms with E-state index in [-0.39, 0.29) is 43.0 Å². The lowest BCUT2D eigenvalue weighted by atomic mass is 10.1. The Kier molecular flexibility index (Phi) is 8.06. The number of nitrogens with one attached hydrogen (secondary N) is 1. The maximum Gasteiger partial charge on any atom is 0.223 e. The van der Waals surface area contributed by atoms with Crippen molar-refractivity contribution in [1.82, 2.24) is 10.2 Å². The Labute approximate surface area is 143 Å². The Bertz CT molecular complexity index is 519. The summed E-state index contributed by atoms with van der Waals surface area (Å²) in [5.41, 5.74) is 0.629. The molecule has 23 heavy (non-hydrogen) atoms. The summed E-state index contributed by atoms with van der Waals surface area (Å²) in [6, 6.07) is 7.28. The molecule has 1 aliphatic heterocycles. The van der Waals surface area contributed by atoms with Crippen LogP contribution in [0.25, 0.3) is 0 Å². The van der Waals surface area contributed by atoms with E-state index in [9.17, 15) is 9.59 Å². The molecule has 0 unspecified atom stereocenters. The lowest BCUT2D eigenvalue weighted by Gasteiger charge is -2.34. The van der Waals surface area contributed by atoms with Crippen LogP contribution in [0.1, 0.15) is 37.0 Å². The molecule has 6 heteroatoms. The Balaban J connectivity index is 0.00000264. The van der Waals surface area contributed by atoms with Crippen molar-refractivity contribution in [2.75, 3.05) is 26.2 Å². The molecule has 1 saturated heterocycles. The van der Waals surface area contributed by atoms with E-state index in [1.165, 1.54) is 0 Å². The quantitative estimate of drug-likeness (QED) is 0.807. The molecule has 1 heterocycles.